The molecular formula is C19H24N2O3. The third-order valence-corrected chi connectivity index (χ3v) is 4.07. The quantitative estimate of drug-likeness (QED) is 0.777. The molecule has 24 heavy (non-hydrogen) atoms. The van der Waals surface area contributed by atoms with E-state index in [1.165, 1.54) is 19.3 Å². The number of benzene rings is 1. The maximum Gasteiger partial charge on any atom is 0.246 e. The van der Waals surface area contributed by atoms with Crippen LogP contribution in [0.15, 0.2) is 24.3 Å². The molecule has 5 nitrogen and oxygen atoms in total. The van der Waals surface area contributed by atoms with E-state index < -0.39 is 0 Å². The van der Waals surface area contributed by atoms with Crippen LogP contribution in [0, 0.1) is 11.3 Å². The van der Waals surface area contributed by atoms with Crippen LogP contribution in [-0.2, 0) is 4.79 Å². The van der Waals surface area contributed by atoms with E-state index >= 15 is 0 Å². The first-order valence-corrected chi connectivity index (χ1v) is 8.39. The molecule has 0 radical (unpaired) electrons. The van der Waals surface area contributed by atoms with E-state index in [4.69, 9.17) is 14.7 Å². The highest BCUT2D eigenvalue weighted by Gasteiger charge is 2.12. The average molecular weight is 328 g/mol. The van der Waals surface area contributed by atoms with Gasteiger partial charge in [-0.1, -0.05) is 25.3 Å². The van der Waals surface area contributed by atoms with Gasteiger partial charge in [0.15, 0.2) is 18.1 Å². The van der Waals surface area contributed by atoms with Crippen molar-refractivity contribution in [2.75, 3.05) is 26.8 Å². The number of nitriles is 1. The van der Waals surface area contributed by atoms with Gasteiger partial charge in [-0.3, -0.25) is 4.79 Å². The Morgan fingerprint density at radius 2 is 1.92 bits per heavy atom. The minimum atomic E-state index is -0.0288. The lowest BCUT2D eigenvalue weighted by Crippen LogP contribution is -2.32. The first-order chi connectivity index (χ1) is 11.7. The fraction of sp³-hybridized carbons (Fsp3) is 0.474. The summed E-state index contributed by atoms with van der Waals surface area (Å²) < 4.78 is 10.6. The second-order valence-electron chi connectivity index (χ2n) is 5.78. The molecular weight excluding hydrogens is 304 g/mol. The maximum atomic E-state index is 12.3. The molecule has 1 aromatic rings. The molecule has 2 rings (SSSR count). The molecule has 5 heteroatoms. The van der Waals surface area contributed by atoms with Crippen LogP contribution in [-0.4, -0.2) is 37.6 Å². The minimum absolute atomic E-state index is 0.0288. The summed E-state index contributed by atoms with van der Waals surface area (Å²) in [7, 11) is 1.55. The summed E-state index contributed by atoms with van der Waals surface area (Å²) in [5, 5.41) is 8.58. The van der Waals surface area contributed by atoms with Crippen molar-refractivity contribution in [3.63, 3.8) is 0 Å². The first kappa shape index (κ1) is 17.9. The van der Waals surface area contributed by atoms with Crippen molar-refractivity contribution in [1.82, 2.24) is 4.90 Å². The number of carbonyl (C=O) groups excluding carboxylic acids is 1. The Bertz CT molecular complexity index is 612. The highest BCUT2D eigenvalue weighted by Crippen LogP contribution is 2.28. The van der Waals surface area contributed by atoms with Gasteiger partial charge < -0.3 is 14.4 Å². The average Bonchev–Trinajstić information content (AvgIpc) is 2.57. The predicted octanol–water partition coefficient (Wildman–Crippen LogP) is 3.40. The number of ether oxygens (including phenoxy) is 2. The molecule has 0 N–H and O–H groups in total. The maximum absolute atomic E-state index is 12.3. The Morgan fingerprint density at radius 3 is 2.58 bits per heavy atom. The van der Waals surface area contributed by atoms with Gasteiger partial charge in [-0.2, -0.15) is 5.26 Å². The number of hydrogen-bond donors (Lipinski definition) is 0. The first-order valence-electron chi connectivity index (χ1n) is 8.39. The molecule has 1 aliphatic heterocycles. The number of rotatable bonds is 5. The second kappa shape index (κ2) is 9.61. The Morgan fingerprint density at radius 1 is 1.21 bits per heavy atom. The van der Waals surface area contributed by atoms with Gasteiger partial charge in [0.2, 0.25) is 5.91 Å². The number of methoxy groups -OCH3 is 1. The Kier molecular flexibility index (Phi) is 7.16. The minimum Gasteiger partial charge on any atom is -0.493 e. The van der Waals surface area contributed by atoms with Crippen LogP contribution in [0.5, 0.6) is 11.5 Å². The smallest absolute Gasteiger partial charge is 0.246 e. The molecule has 0 bridgehead atoms. The van der Waals surface area contributed by atoms with Crippen LogP contribution in [0.4, 0.5) is 0 Å². The van der Waals surface area contributed by atoms with Gasteiger partial charge in [-0.25, -0.2) is 0 Å². The zero-order valence-electron chi connectivity index (χ0n) is 14.2. The zero-order chi connectivity index (χ0) is 17.2. The van der Waals surface area contributed by atoms with E-state index in [1.54, 1.807) is 31.4 Å². The molecule has 1 fully saturated rings. The lowest BCUT2D eigenvalue weighted by Gasteiger charge is -2.23. The second-order valence-corrected chi connectivity index (χ2v) is 5.78. The molecule has 0 atom stereocenters. The fourth-order valence-corrected chi connectivity index (χ4v) is 2.76. The van der Waals surface area contributed by atoms with Crippen molar-refractivity contribution < 1.29 is 14.3 Å². The summed E-state index contributed by atoms with van der Waals surface area (Å²) in [5.41, 5.74) is 0.858. The highest BCUT2D eigenvalue weighted by atomic mass is 16.5. The van der Waals surface area contributed by atoms with Crippen LogP contribution in [0.25, 0.3) is 6.08 Å². The van der Waals surface area contributed by atoms with Crippen molar-refractivity contribution >= 4 is 12.0 Å². The molecule has 1 saturated heterocycles. The summed E-state index contributed by atoms with van der Waals surface area (Å²) in [6, 6.07) is 7.31. The van der Waals surface area contributed by atoms with Gasteiger partial charge in [-0.15, -0.1) is 0 Å². The van der Waals surface area contributed by atoms with E-state index in [9.17, 15) is 4.79 Å². The lowest BCUT2D eigenvalue weighted by atomic mass is 10.1. The molecule has 0 aromatic heterocycles. The Labute approximate surface area is 143 Å². The Hall–Kier alpha value is -2.48. The SMILES string of the molecule is COc1cc(C=CC(=O)N2CCCCCCC2)ccc1OCC#N. The van der Waals surface area contributed by atoms with Gasteiger partial charge in [0.25, 0.3) is 0 Å². The largest absolute Gasteiger partial charge is 0.493 e. The van der Waals surface area contributed by atoms with E-state index in [1.807, 2.05) is 17.0 Å². The standard InChI is InChI=1S/C19H24N2O3/c1-23-18-15-16(7-9-17(18)24-14-11-20)8-10-19(22)21-12-5-3-2-4-6-13-21/h7-10,15H,2-6,12-14H2,1H3. The van der Waals surface area contributed by atoms with Crippen LogP contribution in [0.3, 0.4) is 0 Å². The molecule has 1 amide bonds. The third kappa shape index (κ3) is 5.31. The fourth-order valence-electron chi connectivity index (χ4n) is 2.76. The molecule has 1 aliphatic rings. The van der Waals surface area contributed by atoms with Gasteiger partial charge in [0, 0.05) is 19.2 Å². The number of likely N-dealkylation sites (tertiary alicyclic amines) is 1. The molecule has 0 spiro atoms. The van der Waals surface area contributed by atoms with Crippen molar-refractivity contribution in [2.24, 2.45) is 0 Å². The topological polar surface area (TPSA) is 62.6 Å². The van der Waals surface area contributed by atoms with Crippen molar-refractivity contribution in [1.29, 1.82) is 5.26 Å². The lowest BCUT2D eigenvalue weighted by molar-refractivity contribution is -0.126. The number of amides is 1. The molecule has 0 unspecified atom stereocenters. The van der Waals surface area contributed by atoms with Crippen molar-refractivity contribution in [2.45, 2.75) is 32.1 Å². The van der Waals surface area contributed by atoms with E-state index in [2.05, 4.69) is 0 Å². The van der Waals surface area contributed by atoms with Crippen LogP contribution in [0.1, 0.15) is 37.7 Å². The Balaban J connectivity index is 2.02. The van der Waals surface area contributed by atoms with Crippen molar-refractivity contribution in [3.05, 3.63) is 29.8 Å². The van der Waals surface area contributed by atoms with E-state index in [0.717, 1.165) is 31.5 Å². The van der Waals surface area contributed by atoms with Crippen molar-refractivity contribution in [3.8, 4) is 17.6 Å². The van der Waals surface area contributed by atoms with Crippen LogP contribution in [0.2, 0.25) is 0 Å². The van der Waals surface area contributed by atoms with E-state index in [0.29, 0.717) is 11.5 Å². The molecule has 128 valence electrons. The van der Waals surface area contributed by atoms with Crippen LogP contribution < -0.4 is 9.47 Å². The van der Waals surface area contributed by atoms with Gasteiger partial charge in [0.1, 0.15) is 6.07 Å². The summed E-state index contributed by atoms with van der Waals surface area (Å²) >= 11 is 0. The number of hydrogen-bond acceptors (Lipinski definition) is 4. The van der Waals surface area contributed by atoms with Gasteiger partial charge in [-0.05, 0) is 36.6 Å². The van der Waals surface area contributed by atoms with Crippen LogP contribution >= 0.6 is 0 Å². The highest BCUT2D eigenvalue weighted by molar-refractivity contribution is 5.91. The third-order valence-electron chi connectivity index (χ3n) is 4.07. The van der Waals surface area contributed by atoms with E-state index in [-0.39, 0.29) is 12.5 Å². The predicted molar refractivity (Wildman–Crippen MR) is 92.8 cm³/mol. The molecule has 1 heterocycles. The molecule has 1 aromatic carbocycles. The summed E-state index contributed by atoms with van der Waals surface area (Å²) in [6.45, 7) is 1.65. The summed E-state index contributed by atoms with van der Waals surface area (Å²) in [5.74, 6) is 1.12. The summed E-state index contributed by atoms with van der Waals surface area (Å²) in [6.07, 6.45) is 9.25. The molecule has 0 aliphatic carbocycles. The number of carbonyl (C=O) groups is 1. The number of nitrogens with zero attached hydrogens (tertiary/aromatic N) is 2. The monoisotopic (exact) mass is 328 g/mol. The van der Waals surface area contributed by atoms with Gasteiger partial charge in [0.05, 0.1) is 7.11 Å². The normalized spacial score (nSPS) is 15.4. The van der Waals surface area contributed by atoms with Gasteiger partial charge >= 0.3 is 0 Å². The molecule has 0 saturated carbocycles. The zero-order valence-corrected chi connectivity index (χ0v) is 14.2. The summed E-state index contributed by atoms with van der Waals surface area (Å²) in [4.78, 5) is 14.3.